The zero-order chi connectivity index (χ0) is 23.8. The van der Waals surface area contributed by atoms with Gasteiger partial charge in [-0.25, -0.2) is 9.97 Å². The smallest absolute Gasteiger partial charge is 0.261 e. The maximum absolute atomic E-state index is 13.0. The van der Waals surface area contributed by atoms with Crippen molar-refractivity contribution in [1.82, 2.24) is 25.1 Å². The van der Waals surface area contributed by atoms with Crippen LogP contribution in [0.1, 0.15) is 50.1 Å². The molecule has 0 fully saturated rings. The van der Waals surface area contributed by atoms with Crippen LogP contribution in [-0.4, -0.2) is 32.3 Å². The molecule has 6 rings (SSSR count). The Morgan fingerprint density at radius 3 is 2.97 bits per heavy atom. The van der Waals surface area contributed by atoms with E-state index in [4.69, 9.17) is 4.74 Å². The molecule has 1 aromatic carbocycles. The van der Waals surface area contributed by atoms with Crippen LogP contribution < -0.4 is 10.6 Å². The molecule has 2 N–H and O–H groups in total. The topological polar surface area (TPSA) is 94.0 Å². The summed E-state index contributed by atoms with van der Waals surface area (Å²) >= 11 is 1.60. The summed E-state index contributed by atoms with van der Waals surface area (Å²) in [5, 5.41) is 10.7. The number of carbonyl (C=O) groups is 1. The molecule has 0 bridgehead atoms. The van der Waals surface area contributed by atoms with Crippen molar-refractivity contribution in [3.63, 3.8) is 0 Å². The molecule has 1 aliphatic carbocycles. The highest BCUT2D eigenvalue weighted by atomic mass is 32.1. The molecule has 0 saturated heterocycles. The number of hydrogen-bond donors (Lipinski definition) is 2. The molecule has 4 aromatic rings. The first-order valence-electron chi connectivity index (χ1n) is 11.8. The lowest BCUT2D eigenvalue weighted by Gasteiger charge is -2.27. The van der Waals surface area contributed by atoms with Crippen molar-refractivity contribution in [1.29, 1.82) is 0 Å². The molecule has 0 radical (unpaired) electrons. The van der Waals surface area contributed by atoms with E-state index in [1.54, 1.807) is 28.5 Å². The third-order valence-electron chi connectivity index (χ3n) is 6.55. The van der Waals surface area contributed by atoms with Crippen LogP contribution in [0, 0.1) is 0 Å². The summed E-state index contributed by atoms with van der Waals surface area (Å²) in [6, 6.07) is 10.4. The molecule has 3 aromatic heterocycles. The summed E-state index contributed by atoms with van der Waals surface area (Å²) in [6.07, 6.45) is 9.09. The first-order valence-corrected chi connectivity index (χ1v) is 12.6. The minimum atomic E-state index is 0.00763. The number of amides is 1. The van der Waals surface area contributed by atoms with E-state index in [1.165, 1.54) is 16.0 Å². The van der Waals surface area contributed by atoms with Gasteiger partial charge >= 0.3 is 0 Å². The van der Waals surface area contributed by atoms with Crippen molar-refractivity contribution in [3.05, 3.63) is 75.5 Å². The molecule has 9 heteroatoms. The van der Waals surface area contributed by atoms with Crippen molar-refractivity contribution in [3.8, 4) is 11.3 Å². The number of carbonyl (C=O) groups excluding carboxylic acids is 1. The van der Waals surface area contributed by atoms with Gasteiger partial charge in [0.05, 0.1) is 41.7 Å². The number of nitrogens with zero attached hydrogens (tertiary/aromatic N) is 4. The van der Waals surface area contributed by atoms with Crippen molar-refractivity contribution >= 4 is 28.7 Å². The van der Waals surface area contributed by atoms with Crippen LogP contribution in [0.3, 0.4) is 0 Å². The molecule has 0 saturated carbocycles. The van der Waals surface area contributed by atoms with Gasteiger partial charge in [0.1, 0.15) is 12.1 Å². The lowest BCUT2D eigenvalue weighted by Crippen LogP contribution is -2.30. The van der Waals surface area contributed by atoms with Crippen LogP contribution in [0.15, 0.2) is 49.1 Å². The van der Waals surface area contributed by atoms with Gasteiger partial charge in [0.25, 0.3) is 5.91 Å². The van der Waals surface area contributed by atoms with E-state index in [-0.39, 0.29) is 11.9 Å². The van der Waals surface area contributed by atoms with Gasteiger partial charge in [0.15, 0.2) is 0 Å². The first kappa shape index (κ1) is 21.9. The number of rotatable bonds is 5. The van der Waals surface area contributed by atoms with E-state index in [1.807, 2.05) is 25.4 Å². The lowest BCUT2D eigenvalue weighted by molar-refractivity contribution is 0.0936. The second-order valence-electron chi connectivity index (χ2n) is 9.01. The molecular formula is C26H26N6O2S. The predicted molar refractivity (Wildman–Crippen MR) is 135 cm³/mol. The second kappa shape index (κ2) is 9.24. The number of thiophene rings is 1. The monoisotopic (exact) mass is 486 g/mol. The summed E-state index contributed by atoms with van der Waals surface area (Å²) in [5.74, 6) is 0.725. The number of anilines is 2. The minimum absolute atomic E-state index is 0.00763. The van der Waals surface area contributed by atoms with E-state index in [0.29, 0.717) is 6.61 Å². The standard InChI is InChI=1S/C26H26N6O2S/c1-32-13-19(12-29-32)30-25-11-22(27-15-28-25)17-5-6-20-16(9-17)3-2-4-21(20)31-26(33)24-10-18-14-34-8-7-23(18)35-24/h5-6,9-13,15,21H,2-4,7-8,14H2,1H3,(H,31,33)(H,27,28,30). The molecule has 1 atom stereocenters. The Kier molecular flexibility index (Phi) is 5.79. The molecule has 2 aliphatic rings. The number of hydrogen-bond acceptors (Lipinski definition) is 7. The van der Waals surface area contributed by atoms with Gasteiger partial charge in [-0.1, -0.05) is 12.1 Å². The van der Waals surface area contributed by atoms with Gasteiger partial charge in [-0.3, -0.25) is 9.48 Å². The third-order valence-corrected chi connectivity index (χ3v) is 7.79. The third kappa shape index (κ3) is 4.56. The van der Waals surface area contributed by atoms with E-state index in [9.17, 15) is 4.79 Å². The van der Waals surface area contributed by atoms with Crippen LogP contribution in [-0.2, 0) is 31.2 Å². The minimum Gasteiger partial charge on any atom is -0.376 e. The number of ether oxygens (including phenoxy) is 1. The highest BCUT2D eigenvalue weighted by molar-refractivity contribution is 7.14. The Morgan fingerprint density at radius 1 is 1.17 bits per heavy atom. The van der Waals surface area contributed by atoms with Crippen molar-refractivity contribution in [2.75, 3.05) is 11.9 Å². The van der Waals surface area contributed by atoms with Crippen molar-refractivity contribution in [2.45, 2.75) is 38.3 Å². The average Bonchev–Trinajstić information content (AvgIpc) is 3.50. The number of fused-ring (bicyclic) bond motifs is 2. The summed E-state index contributed by atoms with van der Waals surface area (Å²) in [4.78, 5) is 23.9. The largest absolute Gasteiger partial charge is 0.376 e. The highest BCUT2D eigenvalue weighted by Gasteiger charge is 2.25. The summed E-state index contributed by atoms with van der Waals surface area (Å²) in [7, 11) is 1.88. The van der Waals surface area contributed by atoms with E-state index < -0.39 is 0 Å². The average molecular weight is 487 g/mol. The molecular weight excluding hydrogens is 460 g/mol. The van der Waals surface area contributed by atoms with Crippen molar-refractivity contribution in [2.24, 2.45) is 7.05 Å². The molecule has 1 amide bonds. The number of aryl methyl sites for hydroxylation is 2. The van der Waals surface area contributed by atoms with Crippen LogP contribution in [0.2, 0.25) is 0 Å². The van der Waals surface area contributed by atoms with Gasteiger partial charge in [-0.2, -0.15) is 5.10 Å². The van der Waals surface area contributed by atoms with Gasteiger partial charge in [-0.05, 0) is 48.1 Å². The zero-order valence-electron chi connectivity index (χ0n) is 19.5. The van der Waals surface area contributed by atoms with Crippen LogP contribution in [0.5, 0.6) is 0 Å². The summed E-state index contributed by atoms with van der Waals surface area (Å²) in [6.45, 7) is 1.34. The summed E-state index contributed by atoms with van der Waals surface area (Å²) in [5.41, 5.74) is 6.38. The Bertz CT molecular complexity index is 1370. The quantitative estimate of drug-likeness (QED) is 0.429. The predicted octanol–water partition coefficient (Wildman–Crippen LogP) is 4.56. The first-order chi connectivity index (χ1) is 17.1. The van der Waals surface area contributed by atoms with Gasteiger partial charge in [0, 0.05) is 36.2 Å². The fourth-order valence-electron chi connectivity index (χ4n) is 4.83. The van der Waals surface area contributed by atoms with E-state index >= 15 is 0 Å². The second-order valence-corrected chi connectivity index (χ2v) is 10.1. The number of aromatic nitrogens is 4. The van der Waals surface area contributed by atoms with Gasteiger partial charge in [0.2, 0.25) is 0 Å². The van der Waals surface area contributed by atoms with Crippen LogP contribution in [0.25, 0.3) is 11.3 Å². The fraction of sp³-hybridized carbons (Fsp3) is 0.308. The molecule has 8 nitrogen and oxygen atoms in total. The molecule has 4 heterocycles. The lowest BCUT2D eigenvalue weighted by atomic mass is 9.86. The summed E-state index contributed by atoms with van der Waals surface area (Å²) < 4.78 is 7.27. The maximum atomic E-state index is 13.0. The normalized spacial score (nSPS) is 16.9. The van der Waals surface area contributed by atoms with Crippen LogP contribution in [0.4, 0.5) is 11.5 Å². The SMILES string of the molecule is Cn1cc(Nc2cc(-c3ccc4c(c3)CCCC4NC(=O)c3cc4c(s3)CCOC4)ncn2)cn1. The van der Waals surface area contributed by atoms with E-state index in [0.717, 1.165) is 65.5 Å². The fourth-order valence-corrected chi connectivity index (χ4v) is 5.88. The number of benzene rings is 1. The Labute approximate surface area is 207 Å². The molecule has 1 unspecified atom stereocenters. The Morgan fingerprint density at radius 2 is 2.11 bits per heavy atom. The van der Waals surface area contributed by atoms with Gasteiger partial charge < -0.3 is 15.4 Å². The number of nitrogens with one attached hydrogen (secondary N) is 2. The molecule has 178 valence electrons. The Balaban J connectivity index is 1.20. The van der Waals surface area contributed by atoms with Crippen LogP contribution >= 0.6 is 11.3 Å². The van der Waals surface area contributed by atoms with Crippen molar-refractivity contribution < 1.29 is 9.53 Å². The van der Waals surface area contributed by atoms with Gasteiger partial charge in [-0.15, -0.1) is 11.3 Å². The molecule has 1 aliphatic heterocycles. The highest BCUT2D eigenvalue weighted by Crippen LogP contribution is 2.34. The maximum Gasteiger partial charge on any atom is 0.261 e. The zero-order valence-corrected chi connectivity index (χ0v) is 20.3. The molecule has 35 heavy (non-hydrogen) atoms. The Hall–Kier alpha value is -3.56. The molecule has 0 spiro atoms. The van der Waals surface area contributed by atoms with E-state index in [2.05, 4.69) is 43.9 Å².